The summed E-state index contributed by atoms with van der Waals surface area (Å²) in [4.78, 5) is 2.76. The van der Waals surface area contributed by atoms with Crippen LogP contribution < -0.4 is 9.47 Å². The molecule has 0 unspecified atom stereocenters. The molecule has 1 N–H and O–H groups in total. The van der Waals surface area contributed by atoms with Crippen LogP contribution in [0.5, 0.6) is 17.2 Å². The number of rotatable bonds is 3. The van der Waals surface area contributed by atoms with Gasteiger partial charge in [0.25, 0.3) is 0 Å². The lowest BCUT2D eigenvalue weighted by atomic mass is 9.52. The van der Waals surface area contributed by atoms with Crippen molar-refractivity contribution in [1.82, 2.24) is 4.90 Å². The topological polar surface area (TPSA) is 41.9 Å². The summed E-state index contributed by atoms with van der Waals surface area (Å²) < 4.78 is 11.0. The van der Waals surface area contributed by atoms with Gasteiger partial charge < -0.3 is 14.6 Å². The van der Waals surface area contributed by atoms with Crippen LogP contribution in [0.4, 0.5) is 0 Å². The largest absolute Gasteiger partial charge is 0.508 e. The van der Waals surface area contributed by atoms with Gasteiger partial charge in [0.05, 0.1) is 0 Å². The molecule has 2 aromatic carbocycles. The Morgan fingerprint density at radius 1 is 1.03 bits per heavy atom. The van der Waals surface area contributed by atoms with Crippen molar-refractivity contribution in [2.24, 2.45) is 5.92 Å². The van der Waals surface area contributed by atoms with Crippen molar-refractivity contribution in [2.75, 3.05) is 19.9 Å². The highest BCUT2D eigenvalue weighted by Gasteiger charge is 2.53. The normalized spacial score (nSPS) is 28.9. The molecule has 2 aliphatic carbocycles. The van der Waals surface area contributed by atoms with Gasteiger partial charge >= 0.3 is 0 Å². The van der Waals surface area contributed by atoms with Crippen molar-refractivity contribution in [3.8, 4) is 17.2 Å². The quantitative estimate of drug-likeness (QED) is 0.760. The van der Waals surface area contributed by atoms with Gasteiger partial charge in [0, 0.05) is 18.0 Å². The summed E-state index contributed by atoms with van der Waals surface area (Å²) in [5.41, 5.74) is 4.56. The van der Waals surface area contributed by atoms with Crippen molar-refractivity contribution < 1.29 is 14.6 Å². The standard InChI is InChI=1S/C25H29NO3.ClH/c27-19-6-5-18-14-22-20-3-1-2-9-25(20,21(18)15-19)10-12-26(22)11-8-17-4-7-23-24(13-17)29-16-28-23;/h4-7,13,15,20,22,27H,1-3,8-12,14,16H2;1H/t20-,22-,25+;/m0./s1. The molecular formula is C25H30ClNO3. The fraction of sp³-hybridized carbons (Fsp3) is 0.520. The van der Waals surface area contributed by atoms with E-state index in [9.17, 15) is 5.11 Å². The monoisotopic (exact) mass is 427 g/mol. The Morgan fingerprint density at radius 3 is 2.87 bits per heavy atom. The molecule has 1 saturated carbocycles. The number of halogens is 1. The molecule has 0 spiro atoms. The number of hydrogen-bond donors (Lipinski definition) is 1. The zero-order valence-electron chi connectivity index (χ0n) is 17.3. The Morgan fingerprint density at radius 2 is 1.93 bits per heavy atom. The predicted octanol–water partition coefficient (Wildman–Crippen LogP) is 4.84. The highest BCUT2D eigenvalue weighted by atomic mass is 35.5. The molecule has 4 aliphatic rings. The van der Waals surface area contributed by atoms with Crippen LogP contribution in [0.3, 0.4) is 0 Å². The van der Waals surface area contributed by atoms with Gasteiger partial charge in [-0.1, -0.05) is 25.0 Å². The van der Waals surface area contributed by atoms with E-state index >= 15 is 0 Å². The molecule has 2 aromatic rings. The number of ether oxygens (including phenoxy) is 2. The minimum Gasteiger partial charge on any atom is -0.508 e. The average Bonchev–Trinajstić information content (AvgIpc) is 3.21. The number of hydrogen-bond acceptors (Lipinski definition) is 4. The van der Waals surface area contributed by atoms with Gasteiger partial charge in [-0.15, -0.1) is 12.4 Å². The highest BCUT2D eigenvalue weighted by Crippen LogP contribution is 2.56. The minimum absolute atomic E-state index is 0. The fourth-order valence-corrected chi connectivity index (χ4v) is 6.72. The summed E-state index contributed by atoms with van der Waals surface area (Å²) in [6, 6.07) is 13.2. The lowest BCUT2D eigenvalue weighted by Crippen LogP contribution is -2.61. The van der Waals surface area contributed by atoms with E-state index in [0.29, 0.717) is 24.0 Å². The maximum atomic E-state index is 10.2. The van der Waals surface area contributed by atoms with Gasteiger partial charge in [-0.25, -0.2) is 0 Å². The van der Waals surface area contributed by atoms with Crippen LogP contribution in [0, 0.1) is 5.92 Å². The van der Waals surface area contributed by atoms with E-state index < -0.39 is 0 Å². The summed E-state index contributed by atoms with van der Waals surface area (Å²) in [5.74, 6) is 2.92. The van der Waals surface area contributed by atoms with E-state index in [1.54, 1.807) is 0 Å². The Labute approximate surface area is 184 Å². The Balaban J connectivity index is 0.00000193. The molecule has 0 radical (unpaired) electrons. The van der Waals surface area contributed by atoms with Crippen LogP contribution in [-0.4, -0.2) is 35.9 Å². The molecule has 3 atom stereocenters. The summed E-state index contributed by atoms with van der Waals surface area (Å²) in [6.45, 7) is 2.61. The number of phenolic OH excluding ortho intramolecular Hbond substituents is 1. The van der Waals surface area contributed by atoms with E-state index in [2.05, 4.69) is 29.2 Å². The lowest BCUT2D eigenvalue weighted by molar-refractivity contribution is -0.0106. The molecule has 30 heavy (non-hydrogen) atoms. The molecule has 2 aliphatic heterocycles. The van der Waals surface area contributed by atoms with Crippen LogP contribution in [0.25, 0.3) is 0 Å². The first-order chi connectivity index (χ1) is 14.2. The third-order valence-corrected chi connectivity index (χ3v) is 8.06. The third kappa shape index (κ3) is 3.07. The van der Waals surface area contributed by atoms with Gasteiger partial charge in [-0.05, 0) is 85.5 Å². The Hall–Kier alpha value is -1.91. The number of phenols is 1. The van der Waals surface area contributed by atoms with E-state index in [1.165, 1.54) is 55.3 Å². The Kier molecular flexibility index (Phi) is 5.11. The molecule has 2 fully saturated rings. The second-order valence-corrected chi connectivity index (χ2v) is 9.34. The summed E-state index contributed by atoms with van der Waals surface area (Å²) in [7, 11) is 0. The zero-order chi connectivity index (χ0) is 19.4. The number of benzene rings is 2. The molecule has 6 rings (SSSR count). The molecule has 2 bridgehead atoms. The van der Waals surface area contributed by atoms with Crippen molar-refractivity contribution in [2.45, 2.75) is 56.4 Å². The molecule has 5 heteroatoms. The smallest absolute Gasteiger partial charge is 0.231 e. The van der Waals surface area contributed by atoms with Gasteiger partial charge in [-0.3, -0.25) is 4.90 Å². The van der Waals surface area contributed by atoms with E-state index in [4.69, 9.17) is 9.47 Å². The molecule has 0 amide bonds. The van der Waals surface area contributed by atoms with Gasteiger partial charge in [0.1, 0.15) is 5.75 Å². The van der Waals surface area contributed by atoms with Crippen LogP contribution in [0.15, 0.2) is 36.4 Å². The molecule has 4 nitrogen and oxygen atoms in total. The van der Waals surface area contributed by atoms with Crippen molar-refractivity contribution in [3.63, 3.8) is 0 Å². The molecule has 1 saturated heterocycles. The predicted molar refractivity (Wildman–Crippen MR) is 119 cm³/mol. The number of fused-ring (bicyclic) bond motifs is 2. The van der Waals surface area contributed by atoms with Gasteiger partial charge in [0.2, 0.25) is 6.79 Å². The van der Waals surface area contributed by atoms with Crippen LogP contribution in [0.2, 0.25) is 0 Å². The van der Waals surface area contributed by atoms with E-state index in [-0.39, 0.29) is 12.4 Å². The van der Waals surface area contributed by atoms with Crippen LogP contribution >= 0.6 is 12.4 Å². The second-order valence-electron chi connectivity index (χ2n) is 9.34. The summed E-state index contributed by atoms with van der Waals surface area (Å²) in [6.07, 6.45) is 8.72. The van der Waals surface area contributed by atoms with Crippen LogP contribution in [0.1, 0.15) is 48.8 Å². The van der Waals surface area contributed by atoms with Gasteiger partial charge in [-0.2, -0.15) is 0 Å². The lowest BCUT2D eigenvalue weighted by Gasteiger charge is -2.59. The fourth-order valence-electron chi connectivity index (χ4n) is 6.72. The molecule has 0 aromatic heterocycles. The second kappa shape index (κ2) is 7.65. The highest BCUT2D eigenvalue weighted by molar-refractivity contribution is 5.85. The third-order valence-electron chi connectivity index (χ3n) is 8.06. The summed E-state index contributed by atoms with van der Waals surface area (Å²) in [5, 5.41) is 10.2. The molecular weight excluding hydrogens is 398 g/mol. The van der Waals surface area contributed by atoms with E-state index in [1.807, 2.05) is 12.1 Å². The number of piperidine rings is 1. The SMILES string of the molecule is Cl.Oc1ccc2c(c1)[C@@]13CCCC[C@H]1[C@H](C2)N(CCc1ccc2c(c1)OCO2)CC3. The van der Waals surface area contributed by atoms with Crippen molar-refractivity contribution >= 4 is 12.4 Å². The minimum atomic E-state index is 0. The first-order valence-corrected chi connectivity index (χ1v) is 11.2. The summed E-state index contributed by atoms with van der Waals surface area (Å²) >= 11 is 0. The number of aromatic hydroxyl groups is 1. The average molecular weight is 428 g/mol. The molecule has 160 valence electrons. The maximum absolute atomic E-state index is 10.2. The Bertz CT molecular complexity index is 948. The molecule has 2 heterocycles. The van der Waals surface area contributed by atoms with E-state index in [0.717, 1.165) is 36.8 Å². The first kappa shape index (κ1) is 20.0. The number of likely N-dealkylation sites (tertiary alicyclic amines) is 1. The van der Waals surface area contributed by atoms with Crippen LogP contribution in [-0.2, 0) is 18.3 Å². The first-order valence-electron chi connectivity index (χ1n) is 11.2. The maximum Gasteiger partial charge on any atom is 0.231 e. The zero-order valence-corrected chi connectivity index (χ0v) is 18.1. The van der Waals surface area contributed by atoms with Crippen molar-refractivity contribution in [3.05, 3.63) is 53.1 Å². The number of nitrogens with zero attached hydrogens (tertiary/aromatic N) is 1. The van der Waals surface area contributed by atoms with Gasteiger partial charge in [0.15, 0.2) is 11.5 Å². The van der Waals surface area contributed by atoms with Crippen molar-refractivity contribution in [1.29, 1.82) is 0 Å².